The quantitative estimate of drug-likeness (QED) is 0.865. The van der Waals surface area contributed by atoms with Crippen LogP contribution in [0.25, 0.3) is 5.69 Å². The summed E-state index contributed by atoms with van der Waals surface area (Å²) in [5.41, 5.74) is -2.16. The topological polar surface area (TPSA) is 54.9 Å². The summed E-state index contributed by atoms with van der Waals surface area (Å²) in [6.07, 6.45) is 0.231. The van der Waals surface area contributed by atoms with Crippen LogP contribution in [-0.2, 0) is 6.42 Å². The minimum absolute atomic E-state index is 0.103. The molecule has 20 heavy (non-hydrogen) atoms. The molecule has 0 saturated carbocycles. The van der Waals surface area contributed by atoms with Gasteiger partial charge in [-0.2, -0.15) is 0 Å². The third-order valence-corrected chi connectivity index (χ3v) is 3.32. The Hall–Kier alpha value is -1.66. The first-order chi connectivity index (χ1) is 9.36. The van der Waals surface area contributed by atoms with Crippen molar-refractivity contribution >= 4 is 23.2 Å². The molecule has 106 valence electrons. The molecule has 0 radical (unpaired) electrons. The molecular weight excluding hydrogens is 313 g/mol. The fourth-order valence-electron chi connectivity index (χ4n) is 1.80. The first-order valence-electron chi connectivity index (χ1n) is 5.55. The molecule has 0 aliphatic rings. The highest BCUT2D eigenvalue weighted by Crippen LogP contribution is 2.23. The molecule has 0 bridgehead atoms. The van der Waals surface area contributed by atoms with Crippen LogP contribution in [0.3, 0.4) is 0 Å². The largest absolute Gasteiger partial charge is 0.334 e. The molecule has 0 spiro atoms. The van der Waals surface area contributed by atoms with Gasteiger partial charge in [0, 0.05) is 6.07 Å². The first-order valence-corrected chi connectivity index (χ1v) is 6.31. The van der Waals surface area contributed by atoms with Gasteiger partial charge in [0.2, 0.25) is 0 Å². The summed E-state index contributed by atoms with van der Waals surface area (Å²) in [5, 5.41) is -0.503. The lowest BCUT2D eigenvalue weighted by Gasteiger charge is -2.10. The molecule has 1 aromatic carbocycles. The Labute approximate surface area is 121 Å². The second-order valence-corrected chi connectivity index (χ2v) is 4.72. The van der Waals surface area contributed by atoms with E-state index < -0.39 is 28.6 Å². The maximum Gasteiger partial charge on any atom is 0.334 e. The van der Waals surface area contributed by atoms with E-state index in [0.717, 1.165) is 6.07 Å². The summed E-state index contributed by atoms with van der Waals surface area (Å²) < 4.78 is 27.3. The number of H-pyrrole nitrogens is 1. The molecular formula is C12H8Cl2F2N2O2. The monoisotopic (exact) mass is 320 g/mol. The molecule has 0 aliphatic carbocycles. The standard InChI is InChI=1S/C12H8Cl2F2N2O2/c1-2-6-10(14)17-12(20)18(11(6)19)9-7(13)3-5(15)4-8(9)16/h3-4H,2H2,1H3,(H,17,20). The Morgan fingerprint density at radius 1 is 1.25 bits per heavy atom. The number of halogens is 4. The third-order valence-electron chi connectivity index (χ3n) is 2.70. The van der Waals surface area contributed by atoms with Crippen LogP contribution in [0.1, 0.15) is 12.5 Å². The highest BCUT2D eigenvalue weighted by atomic mass is 35.5. The molecule has 0 aliphatic heterocycles. The number of benzene rings is 1. The van der Waals surface area contributed by atoms with Gasteiger partial charge >= 0.3 is 5.69 Å². The van der Waals surface area contributed by atoms with Gasteiger partial charge in [-0.05, 0) is 12.5 Å². The second kappa shape index (κ2) is 5.38. The lowest BCUT2D eigenvalue weighted by Crippen LogP contribution is -2.36. The maximum atomic E-state index is 13.8. The molecule has 1 heterocycles. The summed E-state index contributed by atoms with van der Waals surface area (Å²) in [4.78, 5) is 26.2. The number of aromatic nitrogens is 2. The molecule has 0 unspecified atom stereocenters. The van der Waals surface area contributed by atoms with Crippen LogP contribution >= 0.6 is 23.2 Å². The van der Waals surface area contributed by atoms with Gasteiger partial charge in [0.1, 0.15) is 16.7 Å². The summed E-state index contributed by atoms with van der Waals surface area (Å²) in [6.45, 7) is 1.65. The van der Waals surface area contributed by atoms with E-state index >= 15 is 0 Å². The van der Waals surface area contributed by atoms with Crippen molar-refractivity contribution in [3.05, 3.63) is 60.3 Å². The van der Waals surface area contributed by atoms with Crippen LogP contribution in [0, 0.1) is 11.6 Å². The van der Waals surface area contributed by atoms with Crippen LogP contribution in [0.4, 0.5) is 8.78 Å². The van der Waals surface area contributed by atoms with Crippen molar-refractivity contribution in [3.8, 4) is 5.69 Å². The van der Waals surface area contributed by atoms with Gasteiger partial charge in [-0.15, -0.1) is 0 Å². The smallest absolute Gasteiger partial charge is 0.297 e. The van der Waals surface area contributed by atoms with Crippen LogP contribution in [-0.4, -0.2) is 9.55 Å². The van der Waals surface area contributed by atoms with Crippen LogP contribution in [0.15, 0.2) is 21.7 Å². The highest BCUT2D eigenvalue weighted by molar-refractivity contribution is 6.32. The molecule has 0 saturated heterocycles. The van der Waals surface area contributed by atoms with E-state index in [1.807, 2.05) is 0 Å². The third kappa shape index (κ3) is 2.36. The second-order valence-electron chi connectivity index (χ2n) is 3.93. The summed E-state index contributed by atoms with van der Waals surface area (Å²) >= 11 is 11.5. The van der Waals surface area contributed by atoms with Crippen molar-refractivity contribution in [2.75, 3.05) is 0 Å². The number of nitrogens with zero attached hydrogens (tertiary/aromatic N) is 1. The number of rotatable bonds is 2. The van der Waals surface area contributed by atoms with Gasteiger partial charge in [-0.3, -0.25) is 9.78 Å². The predicted octanol–water partition coefficient (Wildman–Crippen LogP) is 2.67. The molecule has 2 rings (SSSR count). The molecule has 0 fully saturated rings. The first kappa shape index (κ1) is 14.7. The predicted molar refractivity (Wildman–Crippen MR) is 72.0 cm³/mol. The highest BCUT2D eigenvalue weighted by Gasteiger charge is 2.19. The van der Waals surface area contributed by atoms with Gasteiger partial charge in [-0.1, -0.05) is 30.1 Å². The van der Waals surface area contributed by atoms with Gasteiger partial charge in [0.25, 0.3) is 5.56 Å². The van der Waals surface area contributed by atoms with Crippen molar-refractivity contribution < 1.29 is 8.78 Å². The van der Waals surface area contributed by atoms with E-state index in [9.17, 15) is 18.4 Å². The van der Waals surface area contributed by atoms with E-state index in [2.05, 4.69) is 4.98 Å². The van der Waals surface area contributed by atoms with Crippen molar-refractivity contribution in [1.82, 2.24) is 9.55 Å². The van der Waals surface area contributed by atoms with Gasteiger partial charge in [-0.25, -0.2) is 18.1 Å². The van der Waals surface area contributed by atoms with E-state index in [-0.39, 0.29) is 22.2 Å². The normalized spacial score (nSPS) is 10.8. The lowest BCUT2D eigenvalue weighted by molar-refractivity contribution is 0.574. The molecule has 0 atom stereocenters. The minimum Gasteiger partial charge on any atom is -0.297 e. The zero-order chi connectivity index (χ0) is 15.0. The zero-order valence-electron chi connectivity index (χ0n) is 10.1. The fraction of sp³-hybridized carbons (Fsp3) is 0.167. The van der Waals surface area contributed by atoms with Gasteiger partial charge < -0.3 is 0 Å². The number of nitrogens with one attached hydrogen (secondary N) is 1. The summed E-state index contributed by atoms with van der Waals surface area (Å²) in [5.74, 6) is -2.03. The van der Waals surface area contributed by atoms with Gasteiger partial charge in [0.15, 0.2) is 5.82 Å². The fourth-order valence-corrected chi connectivity index (χ4v) is 2.38. The number of hydrogen-bond donors (Lipinski definition) is 1. The van der Waals surface area contributed by atoms with Crippen molar-refractivity contribution in [2.45, 2.75) is 13.3 Å². The number of aromatic amines is 1. The number of hydrogen-bond acceptors (Lipinski definition) is 2. The summed E-state index contributed by atoms with van der Waals surface area (Å²) in [6, 6.07) is 1.35. The molecule has 0 amide bonds. The Bertz CT molecular complexity index is 776. The van der Waals surface area contributed by atoms with E-state index in [4.69, 9.17) is 23.2 Å². The molecule has 8 heteroatoms. The Kier molecular flexibility index (Phi) is 3.96. The van der Waals surface area contributed by atoms with Crippen molar-refractivity contribution in [2.24, 2.45) is 0 Å². The maximum absolute atomic E-state index is 13.8. The molecule has 1 N–H and O–H groups in total. The summed E-state index contributed by atoms with van der Waals surface area (Å²) in [7, 11) is 0. The van der Waals surface area contributed by atoms with Crippen molar-refractivity contribution in [3.63, 3.8) is 0 Å². The van der Waals surface area contributed by atoms with Crippen LogP contribution < -0.4 is 11.2 Å². The Balaban J connectivity index is 2.91. The molecule has 1 aromatic heterocycles. The molecule has 2 aromatic rings. The van der Waals surface area contributed by atoms with E-state index in [0.29, 0.717) is 10.6 Å². The average Bonchev–Trinajstić information content (AvgIpc) is 2.32. The average molecular weight is 321 g/mol. The molecule has 4 nitrogen and oxygen atoms in total. The Morgan fingerprint density at radius 2 is 1.90 bits per heavy atom. The Morgan fingerprint density at radius 3 is 2.45 bits per heavy atom. The van der Waals surface area contributed by atoms with E-state index in [1.54, 1.807) is 6.92 Å². The van der Waals surface area contributed by atoms with E-state index in [1.165, 1.54) is 0 Å². The SMILES string of the molecule is CCc1c(Cl)[nH]c(=O)n(-c2c(F)cc(F)cc2Cl)c1=O. The van der Waals surface area contributed by atoms with Gasteiger partial charge in [0.05, 0.1) is 10.6 Å². The van der Waals surface area contributed by atoms with Crippen LogP contribution in [0.2, 0.25) is 10.2 Å². The van der Waals surface area contributed by atoms with Crippen molar-refractivity contribution in [1.29, 1.82) is 0 Å². The zero-order valence-corrected chi connectivity index (χ0v) is 11.6. The van der Waals surface area contributed by atoms with Crippen LogP contribution in [0.5, 0.6) is 0 Å². The minimum atomic E-state index is -1.12. The lowest BCUT2D eigenvalue weighted by atomic mass is 10.2.